The molecule has 0 aliphatic rings. The summed E-state index contributed by atoms with van der Waals surface area (Å²) in [6, 6.07) is 0. The predicted octanol–water partition coefficient (Wildman–Crippen LogP) is 2.88. The van der Waals surface area contributed by atoms with Crippen molar-refractivity contribution in [2.75, 3.05) is 6.61 Å². The van der Waals surface area contributed by atoms with Crippen molar-refractivity contribution in [2.24, 2.45) is 0 Å². The van der Waals surface area contributed by atoms with Crippen LogP contribution in [0.25, 0.3) is 4.83 Å². The molecule has 3 nitrogen and oxygen atoms in total. The highest BCUT2D eigenvalue weighted by Crippen LogP contribution is 2.24. The van der Waals surface area contributed by atoms with E-state index in [1.807, 2.05) is 16.1 Å². The van der Waals surface area contributed by atoms with Crippen molar-refractivity contribution in [3.63, 3.8) is 0 Å². The van der Waals surface area contributed by atoms with Gasteiger partial charge in [0.2, 0.25) is 5.88 Å². The Morgan fingerprint density at radius 1 is 1.57 bits per heavy atom. The van der Waals surface area contributed by atoms with Crippen molar-refractivity contribution >= 4 is 16.2 Å². The number of thiazole rings is 1. The summed E-state index contributed by atoms with van der Waals surface area (Å²) in [5, 5.41) is 6.28. The van der Waals surface area contributed by atoms with Crippen LogP contribution in [0.2, 0.25) is 0 Å². The van der Waals surface area contributed by atoms with Crippen LogP contribution in [0.4, 0.5) is 0 Å². The van der Waals surface area contributed by atoms with E-state index >= 15 is 0 Å². The molecule has 0 spiro atoms. The molecule has 2 rings (SSSR count). The minimum atomic E-state index is 0.779. The first-order valence-electron chi connectivity index (χ1n) is 4.87. The first-order valence-corrected chi connectivity index (χ1v) is 5.75. The Morgan fingerprint density at radius 2 is 2.43 bits per heavy atom. The number of fused-ring (bicyclic) bond motifs is 1. The standard InChI is InChI=1S/C10H14N2OS/c1-3-4-5-13-9-7-14-10-8(2)6-11-12(9)10/h6-7H,3-5H2,1-2H3. The molecule has 0 radical (unpaired) electrons. The zero-order valence-electron chi connectivity index (χ0n) is 8.49. The molecule has 0 saturated heterocycles. The molecule has 0 amide bonds. The largest absolute Gasteiger partial charge is 0.477 e. The Kier molecular flexibility index (Phi) is 2.72. The number of nitrogens with zero attached hydrogens (tertiary/aromatic N) is 2. The van der Waals surface area contributed by atoms with Gasteiger partial charge in [-0.2, -0.15) is 9.61 Å². The zero-order valence-corrected chi connectivity index (χ0v) is 9.30. The summed E-state index contributed by atoms with van der Waals surface area (Å²) in [5.41, 5.74) is 1.21. The third kappa shape index (κ3) is 1.62. The summed E-state index contributed by atoms with van der Waals surface area (Å²) < 4.78 is 7.49. The van der Waals surface area contributed by atoms with Crippen molar-refractivity contribution < 1.29 is 4.74 Å². The van der Waals surface area contributed by atoms with Gasteiger partial charge in [0.25, 0.3) is 0 Å². The molecule has 0 saturated carbocycles. The van der Waals surface area contributed by atoms with E-state index in [0.29, 0.717) is 0 Å². The van der Waals surface area contributed by atoms with Crippen molar-refractivity contribution in [1.82, 2.24) is 9.61 Å². The number of unbranched alkanes of at least 4 members (excludes halogenated alkanes) is 1. The normalized spacial score (nSPS) is 11.0. The molecule has 76 valence electrons. The number of rotatable bonds is 4. The fourth-order valence-electron chi connectivity index (χ4n) is 1.29. The zero-order chi connectivity index (χ0) is 9.97. The molecule has 0 aromatic carbocycles. The van der Waals surface area contributed by atoms with Crippen LogP contribution in [0, 0.1) is 6.92 Å². The van der Waals surface area contributed by atoms with E-state index in [9.17, 15) is 0 Å². The fraction of sp³-hybridized carbons (Fsp3) is 0.500. The maximum Gasteiger partial charge on any atom is 0.226 e. The second-order valence-corrected chi connectivity index (χ2v) is 4.18. The monoisotopic (exact) mass is 210 g/mol. The Morgan fingerprint density at radius 3 is 3.21 bits per heavy atom. The third-order valence-electron chi connectivity index (χ3n) is 2.12. The molecule has 2 heterocycles. The van der Waals surface area contributed by atoms with Gasteiger partial charge in [-0.3, -0.25) is 0 Å². The number of aryl methyl sites for hydroxylation is 1. The van der Waals surface area contributed by atoms with Crippen LogP contribution in [0.15, 0.2) is 11.6 Å². The van der Waals surface area contributed by atoms with Crippen LogP contribution < -0.4 is 4.74 Å². The Balaban J connectivity index is 2.17. The molecular weight excluding hydrogens is 196 g/mol. The van der Waals surface area contributed by atoms with Crippen LogP contribution in [0.1, 0.15) is 25.3 Å². The lowest BCUT2D eigenvalue weighted by atomic mass is 10.4. The lowest BCUT2D eigenvalue weighted by Gasteiger charge is -2.01. The van der Waals surface area contributed by atoms with Crippen LogP contribution in [0.3, 0.4) is 0 Å². The van der Waals surface area contributed by atoms with Gasteiger partial charge < -0.3 is 4.74 Å². The van der Waals surface area contributed by atoms with Gasteiger partial charge >= 0.3 is 0 Å². The molecule has 2 aromatic heterocycles. The quantitative estimate of drug-likeness (QED) is 0.725. The Labute approximate surface area is 87.3 Å². The summed E-state index contributed by atoms with van der Waals surface area (Å²) in [6.07, 6.45) is 4.13. The first-order chi connectivity index (χ1) is 6.83. The maximum atomic E-state index is 5.62. The van der Waals surface area contributed by atoms with E-state index in [4.69, 9.17) is 4.74 Å². The Bertz CT molecular complexity index is 419. The summed E-state index contributed by atoms with van der Waals surface area (Å²) in [7, 11) is 0. The summed E-state index contributed by atoms with van der Waals surface area (Å²) >= 11 is 1.68. The van der Waals surface area contributed by atoms with Crippen molar-refractivity contribution in [1.29, 1.82) is 0 Å². The van der Waals surface area contributed by atoms with Gasteiger partial charge in [0.05, 0.1) is 18.2 Å². The third-order valence-corrected chi connectivity index (χ3v) is 3.16. The van der Waals surface area contributed by atoms with Gasteiger partial charge in [0.15, 0.2) is 0 Å². The van der Waals surface area contributed by atoms with E-state index in [-0.39, 0.29) is 0 Å². The Hall–Kier alpha value is -1.03. The lowest BCUT2D eigenvalue weighted by molar-refractivity contribution is 0.292. The molecule has 0 bridgehead atoms. The number of hydrogen-bond acceptors (Lipinski definition) is 3. The molecule has 0 atom stereocenters. The molecule has 0 unspecified atom stereocenters. The number of ether oxygens (including phenoxy) is 1. The average molecular weight is 210 g/mol. The molecule has 2 aromatic rings. The van der Waals surface area contributed by atoms with Crippen molar-refractivity contribution in [3.05, 3.63) is 17.1 Å². The highest BCUT2D eigenvalue weighted by atomic mass is 32.1. The van der Waals surface area contributed by atoms with E-state index in [0.717, 1.165) is 25.3 Å². The van der Waals surface area contributed by atoms with Gasteiger partial charge in [-0.05, 0) is 13.3 Å². The molecule has 4 heteroatoms. The van der Waals surface area contributed by atoms with E-state index in [2.05, 4.69) is 18.9 Å². The summed E-state index contributed by atoms with van der Waals surface area (Å²) in [6.45, 7) is 5.00. The topological polar surface area (TPSA) is 26.5 Å². The first kappa shape index (κ1) is 9.52. The van der Waals surface area contributed by atoms with Gasteiger partial charge in [0, 0.05) is 5.56 Å². The highest BCUT2D eigenvalue weighted by Gasteiger charge is 2.07. The lowest BCUT2D eigenvalue weighted by Crippen LogP contribution is -1.99. The second-order valence-electron chi connectivity index (χ2n) is 3.32. The van der Waals surface area contributed by atoms with Crippen LogP contribution in [-0.2, 0) is 0 Å². The minimum absolute atomic E-state index is 0.779. The molecule has 0 aliphatic carbocycles. The van der Waals surface area contributed by atoms with Crippen molar-refractivity contribution in [2.45, 2.75) is 26.7 Å². The SMILES string of the molecule is CCCCOc1csc2c(C)cnn12. The number of aromatic nitrogens is 2. The minimum Gasteiger partial charge on any atom is -0.477 e. The highest BCUT2D eigenvalue weighted by molar-refractivity contribution is 7.16. The summed E-state index contributed by atoms with van der Waals surface area (Å²) in [5.74, 6) is 0.867. The van der Waals surface area contributed by atoms with Crippen LogP contribution in [0.5, 0.6) is 5.88 Å². The van der Waals surface area contributed by atoms with Gasteiger partial charge in [-0.25, -0.2) is 0 Å². The van der Waals surface area contributed by atoms with E-state index in [1.165, 1.54) is 10.4 Å². The number of hydrogen-bond donors (Lipinski definition) is 0. The van der Waals surface area contributed by atoms with Crippen molar-refractivity contribution in [3.8, 4) is 5.88 Å². The van der Waals surface area contributed by atoms with Crippen LogP contribution >= 0.6 is 11.3 Å². The molecule has 0 N–H and O–H groups in total. The second kappa shape index (κ2) is 4.00. The van der Waals surface area contributed by atoms with E-state index < -0.39 is 0 Å². The predicted molar refractivity (Wildman–Crippen MR) is 58.2 cm³/mol. The van der Waals surface area contributed by atoms with Crippen LogP contribution in [-0.4, -0.2) is 16.2 Å². The van der Waals surface area contributed by atoms with Gasteiger partial charge in [-0.1, -0.05) is 13.3 Å². The average Bonchev–Trinajstić information content (AvgIpc) is 2.72. The molecule has 0 aliphatic heterocycles. The van der Waals surface area contributed by atoms with Gasteiger partial charge in [0.1, 0.15) is 4.83 Å². The molecule has 0 fully saturated rings. The molecule has 14 heavy (non-hydrogen) atoms. The fourth-order valence-corrected chi connectivity index (χ4v) is 2.15. The summed E-state index contributed by atoms with van der Waals surface area (Å²) in [4.78, 5) is 1.18. The maximum absolute atomic E-state index is 5.62. The van der Waals surface area contributed by atoms with Gasteiger partial charge in [-0.15, -0.1) is 11.3 Å². The van der Waals surface area contributed by atoms with E-state index in [1.54, 1.807) is 11.3 Å². The molecular formula is C10H14N2OS. The smallest absolute Gasteiger partial charge is 0.226 e.